The number of hydrogen-bond donors (Lipinski definition) is 2. The van der Waals surface area contributed by atoms with Crippen LogP contribution in [0.25, 0.3) is 0 Å². The fourth-order valence-corrected chi connectivity index (χ4v) is 3.96. The SMILES string of the molecule is NC(=O)NCc1ccc(C(=O)N2CCC3(CCCCC3)C2)cc1. The molecule has 3 N–H and O–H groups in total. The average Bonchev–Trinajstić information content (AvgIpc) is 2.97. The number of nitrogens with two attached hydrogens (primary N) is 1. The summed E-state index contributed by atoms with van der Waals surface area (Å²) in [4.78, 5) is 25.4. The number of primary amides is 1. The van der Waals surface area contributed by atoms with E-state index in [4.69, 9.17) is 5.73 Å². The Hall–Kier alpha value is -2.04. The number of likely N-dealkylation sites (tertiary alicyclic amines) is 1. The summed E-state index contributed by atoms with van der Waals surface area (Å²) in [5.74, 6) is 0.127. The Labute approximate surface area is 137 Å². The third-order valence-corrected chi connectivity index (χ3v) is 5.31. The number of benzene rings is 1. The Kier molecular flexibility index (Phi) is 4.55. The second kappa shape index (κ2) is 6.60. The fraction of sp³-hybridized carbons (Fsp3) is 0.556. The molecule has 5 heteroatoms. The van der Waals surface area contributed by atoms with Crippen molar-refractivity contribution in [2.45, 2.75) is 45.1 Å². The molecular weight excluding hydrogens is 290 g/mol. The van der Waals surface area contributed by atoms with Gasteiger partial charge in [-0.25, -0.2) is 4.79 Å². The molecule has 1 saturated carbocycles. The first kappa shape index (κ1) is 15.8. The van der Waals surface area contributed by atoms with Crippen LogP contribution in [-0.4, -0.2) is 29.9 Å². The maximum absolute atomic E-state index is 12.7. The summed E-state index contributed by atoms with van der Waals surface area (Å²) < 4.78 is 0. The highest BCUT2D eigenvalue weighted by Gasteiger charge is 2.40. The van der Waals surface area contributed by atoms with Gasteiger partial charge in [-0.2, -0.15) is 0 Å². The lowest BCUT2D eigenvalue weighted by molar-refractivity contribution is 0.0759. The van der Waals surface area contributed by atoms with Crippen molar-refractivity contribution >= 4 is 11.9 Å². The Morgan fingerprint density at radius 3 is 2.43 bits per heavy atom. The second-order valence-electron chi connectivity index (χ2n) is 6.95. The highest BCUT2D eigenvalue weighted by molar-refractivity contribution is 5.94. The van der Waals surface area contributed by atoms with Crippen LogP contribution in [0.1, 0.15) is 54.4 Å². The molecule has 1 spiro atoms. The van der Waals surface area contributed by atoms with Crippen molar-refractivity contribution < 1.29 is 9.59 Å². The van der Waals surface area contributed by atoms with Gasteiger partial charge in [0, 0.05) is 25.2 Å². The number of nitrogens with one attached hydrogen (secondary N) is 1. The first-order valence-corrected chi connectivity index (χ1v) is 8.50. The quantitative estimate of drug-likeness (QED) is 0.899. The van der Waals surface area contributed by atoms with Gasteiger partial charge in [-0.3, -0.25) is 4.79 Å². The number of nitrogens with zero attached hydrogens (tertiary/aromatic N) is 1. The van der Waals surface area contributed by atoms with Crippen molar-refractivity contribution in [3.8, 4) is 0 Å². The van der Waals surface area contributed by atoms with E-state index in [1.165, 1.54) is 32.1 Å². The van der Waals surface area contributed by atoms with Gasteiger partial charge in [0.25, 0.3) is 5.91 Å². The molecule has 124 valence electrons. The van der Waals surface area contributed by atoms with Crippen molar-refractivity contribution in [1.82, 2.24) is 10.2 Å². The Morgan fingerprint density at radius 2 is 1.78 bits per heavy atom. The van der Waals surface area contributed by atoms with Crippen LogP contribution in [0.15, 0.2) is 24.3 Å². The molecule has 0 radical (unpaired) electrons. The molecule has 3 rings (SSSR count). The molecule has 0 unspecified atom stereocenters. The summed E-state index contributed by atoms with van der Waals surface area (Å²) in [5, 5.41) is 2.55. The number of amides is 3. The number of urea groups is 1. The molecule has 1 aliphatic heterocycles. The Morgan fingerprint density at radius 1 is 1.09 bits per heavy atom. The van der Waals surface area contributed by atoms with Crippen molar-refractivity contribution in [1.29, 1.82) is 0 Å². The summed E-state index contributed by atoms with van der Waals surface area (Å²) in [6.45, 7) is 2.18. The molecule has 1 aliphatic carbocycles. The maximum Gasteiger partial charge on any atom is 0.312 e. The van der Waals surface area contributed by atoms with Gasteiger partial charge in [-0.15, -0.1) is 0 Å². The standard InChI is InChI=1S/C18H25N3O2/c19-17(23)20-12-14-4-6-15(7-5-14)16(22)21-11-10-18(13-21)8-2-1-3-9-18/h4-7H,1-3,8-13H2,(H3,19,20,23). The third-order valence-electron chi connectivity index (χ3n) is 5.31. The Bertz CT molecular complexity index is 576. The molecule has 1 saturated heterocycles. The van der Waals surface area contributed by atoms with Crippen LogP contribution in [0, 0.1) is 5.41 Å². The van der Waals surface area contributed by atoms with Crippen molar-refractivity contribution in [2.24, 2.45) is 11.1 Å². The molecular formula is C18H25N3O2. The molecule has 1 aromatic rings. The first-order chi connectivity index (χ1) is 11.1. The normalized spacial score (nSPS) is 19.7. The molecule has 2 fully saturated rings. The van der Waals surface area contributed by atoms with Gasteiger partial charge in [-0.1, -0.05) is 31.4 Å². The average molecular weight is 315 g/mol. The van der Waals surface area contributed by atoms with Gasteiger partial charge >= 0.3 is 6.03 Å². The molecule has 1 heterocycles. The van der Waals surface area contributed by atoms with Crippen LogP contribution in [-0.2, 0) is 6.54 Å². The highest BCUT2D eigenvalue weighted by atomic mass is 16.2. The summed E-state index contributed by atoms with van der Waals surface area (Å²) >= 11 is 0. The molecule has 0 bridgehead atoms. The summed E-state index contributed by atoms with van der Waals surface area (Å²) in [5.41, 5.74) is 7.10. The molecule has 0 aromatic heterocycles. The molecule has 23 heavy (non-hydrogen) atoms. The predicted octanol–water partition coefficient (Wildman–Crippen LogP) is 2.65. The number of carbonyl (C=O) groups is 2. The van der Waals surface area contributed by atoms with E-state index in [0.29, 0.717) is 12.0 Å². The highest BCUT2D eigenvalue weighted by Crippen LogP contribution is 2.43. The van der Waals surface area contributed by atoms with E-state index in [-0.39, 0.29) is 5.91 Å². The lowest BCUT2D eigenvalue weighted by Crippen LogP contribution is -2.33. The lowest BCUT2D eigenvalue weighted by atomic mass is 9.73. The van der Waals surface area contributed by atoms with Gasteiger partial charge in [0.15, 0.2) is 0 Å². The van der Waals surface area contributed by atoms with Gasteiger partial charge in [-0.05, 0) is 42.4 Å². The van der Waals surface area contributed by atoms with Crippen LogP contribution in [0.3, 0.4) is 0 Å². The van der Waals surface area contributed by atoms with Crippen molar-refractivity contribution in [2.75, 3.05) is 13.1 Å². The molecule has 2 aliphatic rings. The second-order valence-corrected chi connectivity index (χ2v) is 6.95. The van der Waals surface area contributed by atoms with Crippen molar-refractivity contribution in [3.05, 3.63) is 35.4 Å². The molecule has 1 aromatic carbocycles. The topological polar surface area (TPSA) is 75.4 Å². The van der Waals surface area contributed by atoms with Crippen LogP contribution in [0.4, 0.5) is 4.79 Å². The number of hydrogen-bond acceptors (Lipinski definition) is 2. The van der Waals surface area contributed by atoms with E-state index in [2.05, 4.69) is 5.32 Å². The Balaban J connectivity index is 1.61. The minimum Gasteiger partial charge on any atom is -0.352 e. The summed E-state index contributed by atoms with van der Waals surface area (Å²) in [6.07, 6.45) is 7.66. The van der Waals surface area contributed by atoms with Gasteiger partial charge < -0.3 is 16.0 Å². The number of rotatable bonds is 3. The van der Waals surface area contributed by atoms with E-state index in [1.54, 1.807) is 0 Å². The fourth-order valence-electron chi connectivity index (χ4n) is 3.96. The van der Waals surface area contributed by atoms with Crippen molar-refractivity contribution in [3.63, 3.8) is 0 Å². The third kappa shape index (κ3) is 3.66. The zero-order valence-corrected chi connectivity index (χ0v) is 13.5. The molecule has 5 nitrogen and oxygen atoms in total. The van der Waals surface area contributed by atoms with Crippen LogP contribution >= 0.6 is 0 Å². The summed E-state index contributed by atoms with van der Waals surface area (Å²) in [6, 6.07) is 6.88. The number of carbonyl (C=O) groups excluding carboxylic acids is 2. The van der Waals surface area contributed by atoms with Gasteiger partial charge in [0.05, 0.1) is 0 Å². The first-order valence-electron chi connectivity index (χ1n) is 8.50. The smallest absolute Gasteiger partial charge is 0.312 e. The van der Waals surface area contributed by atoms with Crippen LogP contribution in [0.5, 0.6) is 0 Å². The van der Waals surface area contributed by atoms with E-state index in [0.717, 1.165) is 30.6 Å². The predicted molar refractivity (Wildman–Crippen MR) is 88.9 cm³/mol. The van der Waals surface area contributed by atoms with E-state index in [1.807, 2.05) is 29.2 Å². The van der Waals surface area contributed by atoms with E-state index < -0.39 is 6.03 Å². The van der Waals surface area contributed by atoms with Crippen LogP contribution in [0.2, 0.25) is 0 Å². The maximum atomic E-state index is 12.7. The minimum absolute atomic E-state index is 0.127. The zero-order valence-electron chi connectivity index (χ0n) is 13.5. The molecule has 3 amide bonds. The minimum atomic E-state index is -0.542. The van der Waals surface area contributed by atoms with E-state index in [9.17, 15) is 9.59 Å². The van der Waals surface area contributed by atoms with Gasteiger partial charge in [0.2, 0.25) is 0 Å². The van der Waals surface area contributed by atoms with Gasteiger partial charge in [0.1, 0.15) is 0 Å². The van der Waals surface area contributed by atoms with E-state index >= 15 is 0 Å². The molecule has 0 atom stereocenters. The van der Waals surface area contributed by atoms with Crippen LogP contribution < -0.4 is 11.1 Å². The lowest BCUT2D eigenvalue weighted by Gasteiger charge is -2.33. The largest absolute Gasteiger partial charge is 0.352 e. The monoisotopic (exact) mass is 315 g/mol. The zero-order chi connectivity index (χ0) is 16.3. The summed E-state index contributed by atoms with van der Waals surface area (Å²) in [7, 11) is 0.